The first-order valence-electron chi connectivity index (χ1n) is 6.22. The topological polar surface area (TPSA) is 76.4 Å². The van der Waals surface area contributed by atoms with Gasteiger partial charge in [0.15, 0.2) is 0 Å². The van der Waals surface area contributed by atoms with Gasteiger partial charge in [0.2, 0.25) is 0 Å². The average Bonchev–Trinajstić information content (AvgIpc) is 2.36. The molecule has 1 rings (SSSR count). The molecule has 0 aliphatic heterocycles. The lowest BCUT2D eigenvalue weighted by atomic mass is 9.84. The fourth-order valence-corrected chi connectivity index (χ4v) is 1.86. The highest BCUT2D eigenvalue weighted by molar-refractivity contribution is 5.82. The van der Waals surface area contributed by atoms with Gasteiger partial charge in [0.05, 0.1) is 7.11 Å². The Labute approximate surface area is 114 Å². The van der Waals surface area contributed by atoms with Crippen molar-refractivity contribution in [3.8, 4) is 5.75 Å². The lowest BCUT2D eigenvalue weighted by Gasteiger charge is -2.24. The van der Waals surface area contributed by atoms with Crippen LogP contribution in [-0.2, 0) is 10.2 Å². The van der Waals surface area contributed by atoms with E-state index in [1.165, 1.54) is 0 Å². The molecule has 1 aromatic rings. The van der Waals surface area contributed by atoms with Gasteiger partial charge in [0.25, 0.3) is 5.91 Å². The maximum atomic E-state index is 11.7. The molecule has 0 bridgehead atoms. The largest absolute Gasteiger partial charge is 0.496 e. The molecule has 1 atom stereocenters. The van der Waals surface area contributed by atoms with Crippen LogP contribution in [0.3, 0.4) is 0 Å². The molecule has 0 spiro atoms. The second-order valence-corrected chi connectivity index (χ2v) is 5.43. The third-order valence-corrected chi connectivity index (χ3v) is 2.92. The zero-order valence-electron chi connectivity index (χ0n) is 12.2. The zero-order chi connectivity index (χ0) is 14.6. The molecule has 0 saturated heterocycles. The summed E-state index contributed by atoms with van der Waals surface area (Å²) in [6.07, 6.45) is 0. The third-order valence-electron chi connectivity index (χ3n) is 2.92. The van der Waals surface area contributed by atoms with E-state index < -0.39 is 6.04 Å². The summed E-state index contributed by atoms with van der Waals surface area (Å²) in [4.78, 5) is 11.7. The average molecular weight is 265 g/mol. The van der Waals surface area contributed by atoms with E-state index in [4.69, 9.17) is 10.5 Å². The van der Waals surface area contributed by atoms with E-state index in [0.29, 0.717) is 0 Å². The van der Waals surface area contributed by atoms with Crippen molar-refractivity contribution in [2.45, 2.75) is 32.2 Å². The number of rotatable bonds is 4. The first-order chi connectivity index (χ1) is 8.81. The summed E-state index contributed by atoms with van der Waals surface area (Å²) in [7, 11) is 3.26. The van der Waals surface area contributed by atoms with Crippen LogP contribution >= 0.6 is 0 Å². The third kappa shape index (κ3) is 3.68. The van der Waals surface area contributed by atoms with Crippen LogP contribution in [0.5, 0.6) is 5.75 Å². The van der Waals surface area contributed by atoms with Gasteiger partial charge in [-0.1, -0.05) is 26.8 Å². The normalized spacial score (nSPS) is 12.9. The number of carbonyl (C=O) groups excluding carboxylic acids is 1. The number of hydrogen-bond acceptors (Lipinski definition) is 4. The van der Waals surface area contributed by atoms with Gasteiger partial charge in [-0.05, 0) is 28.7 Å². The summed E-state index contributed by atoms with van der Waals surface area (Å²) < 4.78 is 5.36. The highest BCUT2D eigenvalue weighted by Gasteiger charge is 2.22. The Balaban J connectivity index is 3.15. The number of amides is 1. The standard InChI is InChI=1S/C14H23N3O2/c1-14(2,3)10-8-9(6-7-11(10)19-5)12(15)13(18)17-16-4/h6-8,12,16H,15H2,1-5H3,(H,17,18). The maximum absolute atomic E-state index is 11.7. The number of benzene rings is 1. The molecule has 5 nitrogen and oxygen atoms in total. The second-order valence-electron chi connectivity index (χ2n) is 5.43. The molecule has 5 heteroatoms. The predicted octanol–water partition coefficient (Wildman–Crippen LogP) is 1.24. The summed E-state index contributed by atoms with van der Waals surface area (Å²) in [6.45, 7) is 6.27. The summed E-state index contributed by atoms with van der Waals surface area (Å²) >= 11 is 0. The van der Waals surface area contributed by atoms with Crippen LogP contribution in [0.2, 0.25) is 0 Å². The Hall–Kier alpha value is -1.59. The first kappa shape index (κ1) is 15.5. The Bertz CT molecular complexity index is 452. The van der Waals surface area contributed by atoms with Crippen molar-refractivity contribution in [1.29, 1.82) is 0 Å². The van der Waals surface area contributed by atoms with Gasteiger partial charge in [-0.15, -0.1) is 0 Å². The van der Waals surface area contributed by atoms with Crippen molar-refractivity contribution in [3.63, 3.8) is 0 Å². The van der Waals surface area contributed by atoms with E-state index in [0.717, 1.165) is 16.9 Å². The van der Waals surface area contributed by atoms with E-state index in [2.05, 4.69) is 31.6 Å². The van der Waals surface area contributed by atoms with Crippen LogP contribution in [-0.4, -0.2) is 20.1 Å². The lowest BCUT2D eigenvalue weighted by molar-refractivity contribution is -0.123. The van der Waals surface area contributed by atoms with E-state index >= 15 is 0 Å². The first-order valence-corrected chi connectivity index (χ1v) is 6.22. The van der Waals surface area contributed by atoms with Gasteiger partial charge in [0, 0.05) is 7.05 Å². The van der Waals surface area contributed by atoms with Gasteiger partial charge in [-0.3, -0.25) is 10.2 Å². The fourth-order valence-electron chi connectivity index (χ4n) is 1.86. The van der Waals surface area contributed by atoms with E-state index in [1.807, 2.05) is 18.2 Å². The molecule has 19 heavy (non-hydrogen) atoms. The number of hydrogen-bond donors (Lipinski definition) is 3. The Morgan fingerprint density at radius 2 is 2.00 bits per heavy atom. The van der Waals surface area contributed by atoms with Gasteiger partial charge in [-0.2, -0.15) is 0 Å². The SMILES string of the molecule is CNNC(=O)C(N)c1ccc(OC)c(C(C)(C)C)c1. The van der Waals surface area contributed by atoms with Crippen molar-refractivity contribution in [3.05, 3.63) is 29.3 Å². The minimum atomic E-state index is -0.709. The number of nitrogens with one attached hydrogen (secondary N) is 2. The van der Waals surface area contributed by atoms with Crippen molar-refractivity contribution in [1.82, 2.24) is 10.9 Å². The maximum Gasteiger partial charge on any atom is 0.255 e. The smallest absolute Gasteiger partial charge is 0.255 e. The molecule has 0 fully saturated rings. The molecule has 0 radical (unpaired) electrons. The van der Waals surface area contributed by atoms with Crippen LogP contribution in [0.4, 0.5) is 0 Å². The summed E-state index contributed by atoms with van der Waals surface area (Å²) in [5.41, 5.74) is 12.7. The van der Waals surface area contributed by atoms with Crippen LogP contribution < -0.4 is 21.3 Å². The summed E-state index contributed by atoms with van der Waals surface area (Å²) in [5.74, 6) is 0.532. The molecule has 1 aromatic carbocycles. The van der Waals surface area contributed by atoms with Gasteiger partial charge >= 0.3 is 0 Å². The Kier molecular flexibility index (Phi) is 4.91. The van der Waals surface area contributed by atoms with Crippen LogP contribution in [0.25, 0.3) is 0 Å². The molecule has 4 N–H and O–H groups in total. The predicted molar refractivity (Wildman–Crippen MR) is 75.8 cm³/mol. The number of nitrogens with two attached hydrogens (primary N) is 1. The monoisotopic (exact) mass is 265 g/mol. The minimum absolute atomic E-state index is 0.0828. The molecular formula is C14H23N3O2. The minimum Gasteiger partial charge on any atom is -0.496 e. The molecule has 0 heterocycles. The van der Waals surface area contributed by atoms with Crippen molar-refractivity contribution in [2.75, 3.05) is 14.2 Å². The Morgan fingerprint density at radius 1 is 1.37 bits per heavy atom. The van der Waals surface area contributed by atoms with E-state index in [1.54, 1.807) is 14.2 Å². The van der Waals surface area contributed by atoms with Crippen LogP contribution in [0.15, 0.2) is 18.2 Å². The highest BCUT2D eigenvalue weighted by atomic mass is 16.5. The second kappa shape index (κ2) is 6.04. The molecule has 0 aliphatic carbocycles. The van der Waals surface area contributed by atoms with Gasteiger partial charge < -0.3 is 10.5 Å². The van der Waals surface area contributed by atoms with Crippen LogP contribution in [0.1, 0.15) is 37.9 Å². The molecule has 1 unspecified atom stereocenters. The van der Waals surface area contributed by atoms with E-state index in [9.17, 15) is 4.79 Å². The van der Waals surface area contributed by atoms with E-state index in [-0.39, 0.29) is 11.3 Å². The molecule has 0 aromatic heterocycles. The lowest BCUT2D eigenvalue weighted by Crippen LogP contribution is -2.40. The van der Waals surface area contributed by atoms with Gasteiger partial charge in [-0.25, -0.2) is 5.43 Å². The highest BCUT2D eigenvalue weighted by Crippen LogP contribution is 2.33. The molecule has 1 amide bonds. The molecule has 0 saturated carbocycles. The quantitative estimate of drug-likeness (QED) is 0.716. The zero-order valence-corrected chi connectivity index (χ0v) is 12.2. The van der Waals surface area contributed by atoms with Crippen LogP contribution in [0, 0.1) is 0 Å². The van der Waals surface area contributed by atoms with Crippen molar-refractivity contribution >= 4 is 5.91 Å². The Morgan fingerprint density at radius 3 is 2.47 bits per heavy atom. The molecule has 0 aliphatic rings. The van der Waals surface area contributed by atoms with Crippen molar-refractivity contribution < 1.29 is 9.53 Å². The number of ether oxygens (including phenoxy) is 1. The molecular weight excluding hydrogens is 242 g/mol. The van der Waals surface area contributed by atoms with Crippen molar-refractivity contribution in [2.24, 2.45) is 5.73 Å². The number of carbonyl (C=O) groups is 1. The summed E-state index contributed by atoms with van der Waals surface area (Å²) in [5, 5.41) is 0. The number of methoxy groups -OCH3 is 1. The fraction of sp³-hybridized carbons (Fsp3) is 0.500. The molecule has 106 valence electrons. The summed E-state index contributed by atoms with van der Waals surface area (Å²) in [6, 6.07) is 4.88. The van der Waals surface area contributed by atoms with Gasteiger partial charge in [0.1, 0.15) is 11.8 Å². The number of hydrazine groups is 1.